The fourth-order valence-electron chi connectivity index (χ4n) is 3.58. The average Bonchev–Trinajstić information content (AvgIpc) is 2.72. The second kappa shape index (κ2) is 10.0. The van der Waals surface area contributed by atoms with Crippen LogP contribution in [0.25, 0.3) is 0 Å². The quantitative estimate of drug-likeness (QED) is 0.672. The van der Waals surface area contributed by atoms with Gasteiger partial charge in [0.2, 0.25) is 10.0 Å². The molecule has 1 aromatic carbocycles. The molecule has 1 amide bonds. The largest absolute Gasteiger partial charge is 0.356 e. The molecule has 7 nitrogen and oxygen atoms in total. The SMILES string of the molecule is CC(C)NS(=O)(=O)Cc1ccc(CNC(=O)c2cccnc2N2CCCCC2)cc1. The maximum atomic E-state index is 12.8. The summed E-state index contributed by atoms with van der Waals surface area (Å²) >= 11 is 0. The number of sulfonamides is 1. The van der Waals surface area contributed by atoms with Crippen molar-refractivity contribution in [2.75, 3.05) is 18.0 Å². The summed E-state index contributed by atoms with van der Waals surface area (Å²) in [6.07, 6.45) is 5.18. The average molecular weight is 431 g/mol. The Bertz CT molecular complexity index is 953. The molecular weight excluding hydrogens is 400 g/mol. The minimum atomic E-state index is -3.36. The summed E-state index contributed by atoms with van der Waals surface area (Å²) in [4.78, 5) is 19.4. The molecule has 0 atom stereocenters. The van der Waals surface area contributed by atoms with E-state index in [1.807, 2.05) is 18.2 Å². The van der Waals surface area contributed by atoms with Crippen LogP contribution in [-0.2, 0) is 22.3 Å². The van der Waals surface area contributed by atoms with E-state index in [1.54, 1.807) is 38.2 Å². The van der Waals surface area contributed by atoms with Gasteiger partial charge in [0.25, 0.3) is 5.91 Å². The molecule has 8 heteroatoms. The first-order valence-electron chi connectivity index (χ1n) is 10.4. The second-order valence-electron chi connectivity index (χ2n) is 7.95. The normalized spacial score (nSPS) is 14.7. The number of piperidine rings is 1. The lowest BCUT2D eigenvalue weighted by atomic mass is 10.1. The van der Waals surface area contributed by atoms with Gasteiger partial charge in [0.1, 0.15) is 5.82 Å². The van der Waals surface area contributed by atoms with Crippen molar-refractivity contribution >= 4 is 21.7 Å². The molecule has 1 aromatic heterocycles. The van der Waals surface area contributed by atoms with Crippen LogP contribution in [0.3, 0.4) is 0 Å². The van der Waals surface area contributed by atoms with E-state index in [1.165, 1.54) is 6.42 Å². The van der Waals surface area contributed by atoms with Crippen LogP contribution in [0.1, 0.15) is 54.6 Å². The van der Waals surface area contributed by atoms with Crippen molar-refractivity contribution in [3.05, 3.63) is 59.3 Å². The molecule has 3 rings (SSSR count). The zero-order valence-corrected chi connectivity index (χ0v) is 18.4. The summed E-state index contributed by atoms with van der Waals surface area (Å²) in [5.74, 6) is 0.525. The molecule has 162 valence electrons. The van der Waals surface area contributed by atoms with Gasteiger partial charge in [-0.2, -0.15) is 0 Å². The summed E-state index contributed by atoms with van der Waals surface area (Å²) < 4.78 is 26.7. The van der Waals surface area contributed by atoms with Crippen LogP contribution in [0.15, 0.2) is 42.6 Å². The van der Waals surface area contributed by atoms with Gasteiger partial charge in [0.15, 0.2) is 0 Å². The summed E-state index contributed by atoms with van der Waals surface area (Å²) in [6, 6.07) is 10.7. The van der Waals surface area contributed by atoms with Crippen LogP contribution in [0.4, 0.5) is 5.82 Å². The van der Waals surface area contributed by atoms with Gasteiger partial charge < -0.3 is 10.2 Å². The van der Waals surface area contributed by atoms with Crippen molar-refractivity contribution in [3.8, 4) is 0 Å². The lowest BCUT2D eigenvalue weighted by molar-refractivity contribution is 0.0951. The third-order valence-corrected chi connectivity index (χ3v) is 6.48. The summed E-state index contributed by atoms with van der Waals surface area (Å²) in [7, 11) is -3.36. The minimum absolute atomic E-state index is 0.0628. The molecule has 1 saturated heterocycles. The van der Waals surface area contributed by atoms with Crippen molar-refractivity contribution < 1.29 is 13.2 Å². The smallest absolute Gasteiger partial charge is 0.255 e. The number of hydrogen-bond donors (Lipinski definition) is 2. The van der Waals surface area contributed by atoms with E-state index >= 15 is 0 Å². The second-order valence-corrected chi connectivity index (χ2v) is 9.71. The number of anilines is 1. The highest BCUT2D eigenvalue weighted by molar-refractivity contribution is 7.88. The first-order valence-corrected chi connectivity index (χ1v) is 12.1. The fourth-order valence-corrected chi connectivity index (χ4v) is 5.02. The van der Waals surface area contributed by atoms with Crippen LogP contribution in [0.5, 0.6) is 0 Å². The molecule has 0 bridgehead atoms. The molecule has 2 aromatic rings. The monoisotopic (exact) mass is 430 g/mol. The third kappa shape index (κ3) is 6.27. The van der Waals surface area contributed by atoms with E-state index in [2.05, 4.69) is 19.9 Å². The zero-order chi connectivity index (χ0) is 21.6. The van der Waals surface area contributed by atoms with E-state index in [0.29, 0.717) is 17.7 Å². The van der Waals surface area contributed by atoms with E-state index in [4.69, 9.17) is 0 Å². The third-order valence-electron chi connectivity index (χ3n) is 4.93. The highest BCUT2D eigenvalue weighted by Crippen LogP contribution is 2.21. The highest BCUT2D eigenvalue weighted by atomic mass is 32.2. The molecule has 0 aliphatic carbocycles. The lowest BCUT2D eigenvalue weighted by Gasteiger charge is -2.29. The number of pyridine rings is 1. The number of carbonyl (C=O) groups excluding carboxylic acids is 1. The van der Waals surface area contributed by atoms with Gasteiger partial charge in [0, 0.05) is 31.9 Å². The van der Waals surface area contributed by atoms with Crippen molar-refractivity contribution in [3.63, 3.8) is 0 Å². The summed E-state index contributed by atoms with van der Waals surface area (Å²) in [5, 5.41) is 2.95. The van der Waals surface area contributed by atoms with Crippen LogP contribution < -0.4 is 14.9 Å². The molecule has 0 unspecified atom stereocenters. The Labute approximate surface area is 178 Å². The number of hydrogen-bond acceptors (Lipinski definition) is 5. The molecule has 2 N–H and O–H groups in total. The van der Waals surface area contributed by atoms with E-state index < -0.39 is 10.0 Å². The van der Waals surface area contributed by atoms with Crippen molar-refractivity contribution in [2.24, 2.45) is 0 Å². The molecule has 0 saturated carbocycles. The van der Waals surface area contributed by atoms with Gasteiger partial charge in [-0.25, -0.2) is 18.1 Å². The Kier molecular flexibility index (Phi) is 7.44. The van der Waals surface area contributed by atoms with Crippen molar-refractivity contribution in [1.82, 2.24) is 15.0 Å². The predicted octanol–water partition coefficient (Wildman–Crippen LogP) is 2.83. The first-order chi connectivity index (χ1) is 14.3. The number of nitrogens with zero attached hydrogens (tertiary/aromatic N) is 2. The molecule has 1 aliphatic heterocycles. The topological polar surface area (TPSA) is 91.4 Å². The van der Waals surface area contributed by atoms with E-state index in [0.717, 1.165) is 37.3 Å². The highest BCUT2D eigenvalue weighted by Gasteiger charge is 2.19. The number of benzene rings is 1. The number of rotatable bonds is 8. The van der Waals surface area contributed by atoms with Gasteiger partial charge in [-0.1, -0.05) is 24.3 Å². The van der Waals surface area contributed by atoms with Crippen LogP contribution in [0, 0.1) is 0 Å². The summed E-state index contributed by atoms with van der Waals surface area (Å²) in [6.45, 7) is 5.80. The number of nitrogens with one attached hydrogen (secondary N) is 2. The molecular formula is C22H30N4O3S. The van der Waals surface area contributed by atoms with Gasteiger partial charge >= 0.3 is 0 Å². The lowest BCUT2D eigenvalue weighted by Crippen LogP contribution is -2.33. The predicted molar refractivity (Wildman–Crippen MR) is 119 cm³/mol. The van der Waals surface area contributed by atoms with Crippen molar-refractivity contribution in [1.29, 1.82) is 0 Å². The Morgan fingerprint density at radius 3 is 2.40 bits per heavy atom. The zero-order valence-electron chi connectivity index (χ0n) is 17.6. The number of amides is 1. The number of carbonyl (C=O) groups is 1. The Hall–Kier alpha value is -2.45. The molecule has 1 aliphatic rings. The van der Waals surface area contributed by atoms with Crippen LogP contribution >= 0.6 is 0 Å². The maximum Gasteiger partial charge on any atom is 0.255 e. The molecule has 2 heterocycles. The van der Waals surface area contributed by atoms with Crippen LogP contribution in [0.2, 0.25) is 0 Å². The standard InChI is InChI=1S/C22H30N4O3S/c1-17(2)25-30(28,29)16-19-10-8-18(9-11-19)15-24-22(27)20-7-6-12-23-21(20)26-13-4-3-5-14-26/h6-12,17,25H,3-5,13-16H2,1-2H3,(H,24,27). The Morgan fingerprint density at radius 1 is 1.07 bits per heavy atom. The van der Waals surface area contributed by atoms with Crippen molar-refractivity contribution in [2.45, 2.75) is 51.4 Å². The van der Waals surface area contributed by atoms with E-state index in [9.17, 15) is 13.2 Å². The Balaban J connectivity index is 1.60. The van der Waals surface area contributed by atoms with Gasteiger partial charge in [-0.3, -0.25) is 4.79 Å². The maximum absolute atomic E-state index is 12.8. The molecule has 1 fully saturated rings. The summed E-state index contributed by atoms with van der Waals surface area (Å²) in [5.41, 5.74) is 2.20. The van der Waals surface area contributed by atoms with Crippen LogP contribution in [-0.4, -0.2) is 38.4 Å². The number of aromatic nitrogens is 1. The Morgan fingerprint density at radius 2 is 1.73 bits per heavy atom. The fraction of sp³-hybridized carbons (Fsp3) is 0.455. The minimum Gasteiger partial charge on any atom is -0.356 e. The van der Waals surface area contributed by atoms with Gasteiger partial charge in [-0.05, 0) is 56.4 Å². The molecule has 30 heavy (non-hydrogen) atoms. The molecule has 0 spiro atoms. The van der Waals surface area contributed by atoms with Gasteiger partial charge in [-0.15, -0.1) is 0 Å². The van der Waals surface area contributed by atoms with E-state index in [-0.39, 0.29) is 17.7 Å². The van der Waals surface area contributed by atoms with Gasteiger partial charge in [0.05, 0.1) is 11.3 Å². The molecule has 0 radical (unpaired) electrons. The first kappa shape index (κ1) is 22.2.